The zero-order valence-electron chi connectivity index (χ0n) is 16.4. The van der Waals surface area contributed by atoms with Crippen LogP contribution < -0.4 is 15.5 Å². The predicted molar refractivity (Wildman–Crippen MR) is 104 cm³/mol. The fraction of sp³-hybridized carbons (Fsp3) is 0.579. The van der Waals surface area contributed by atoms with Gasteiger partial charge in [-0.1, -0.05) is 13.0 Å². The van der Waals surface area contributed by atoms with Crippen molar-refractivity contribution in [3.05, 3.63) is 29.8 Å². The minimum absolute atomic E-state index is 0.0120. The monoisotopic (exact) mass is 381 g/mol. The van der Waals surface area contributed by atoms with Crippen LogP contribution in [0.1, 0.15) is 26.7 Å². The molecule has 1 saturated heterocycles. The summed E-state index contributed by atoms with van der Waals surface area (Å²) in [5.41, 5.74) is 0.0120. The molecule has 0 bridgehead atoms. The minimum Gasteiger partial charge on any atom is -0.365 e. The Labute approximate surface area is 159 Å². The molecule has 8 heteroatoms. The van der Waals surface area contributed by atoms with Crippen molar-refractivity contribution in [2.75, 3.05) is 38.6 Å². The first kappa shape index (κ1) is 20.9. The molecule has 0 aromatic heterocycles. The molecule has 150 valence electrons. The van der Waals surface area contributed by atoms with Crippen molar-refractivity contribution in [2.24, 2.45) is 4.99 Å². The molecule has 1 heterocycles. The number of benzene rings is 1. The first-order chi connectivity index (χ1) is 12.8. The number of nitrogens with one attached hydrogen (secondary N) is 2. The number of nitrogens with zero attached hydrogens (tertiary/aromatic N) is 3. The van der Waals surface area contributed by atoms with Crippen molar-refractivity contribution >= 4 is 17.6 Å². The third kappa shape index (κ3) is 5.80. The average molecular weight is 381 g/mol. The highest BCUT2D eigenvalue weighted by atomic mass is 19.1. The number of carbonyl (C=O) groups excluding carboxylic acids is 1. The van der Waals surface area contributed by atoms with Crippen LogP contribution in [0.5, 0.6) is 0 Å². The van der Waals surface area contributed by atoms with Gasteiger partial charge in [0.25, 0.3) is 0 Å². The van der Waals surface area contributed by atoms with Crippen molar-refractivity contribution < 1.29 is 13.6 Å². The predicted octanol–water partition coefficient (Wildman–Crippen LogP) is 1.97. The van der Waals surface area contributed by atoms with E-state index in [0.29, 0.717) is 19.0 Å². The SMILES string of the molecule is CCC(C)NC(=NCC(=O)N(C)C)NC1CCN(c2c(F)cccc2F)C1. The Hall–Kier alpha value is -2.38. The van der Waals surface area contributed by atoms with Crippen LogP contribution in [0.3, 0.4) is 0 Å². The Kier molecular flexibility index (Phi) is 7.38. The Balaban J connectivity index is 2.05. The number of para-hydroxylation sites is 1. The average Bonchev–Trinajstić information content (AvgIpc) is 3.06. The number of aliphatic imine (C=N–C) groups is 1. The van der Waals surface area contributed by atoms with E-state index in [-0.39, 0.29) is 30.2 Å². The number of hydrogen-bond acceptors (Lipinski definition) is 3. The molecule has 1 aromatic carbocycles. The lowest BCUT2D eigenvalue weighted by Gasteiger charge is -2.23. The van der Waals surface area contributed by atoms with E-state index < -0.39 is 11.6 Å². The summed E-state index contributed by atoms with van der Waals surface area (Å²) in [5, 5.41) is 6.56. The molecule has 1 aromatic rings. The van der Waals surface area contributed by atoms with Gasteiger partial charge in [0.05, 0.1) is 0 Å². The summed E-state index contributed by atoms with van der Waals surface area (Å²) in [6, 6.07) is 4.07. The lowest BCUT2D eigenvalue weighted by atomic mass is 10.2. The number of rotatable bonds is 6. The third-order valence-electron chi connectivity index (χ3n) is 4.65. The smallest absolute Gasteiger partial charge is 0.243 e. The van der Waals surface area contributed by atoms with E-state index in [1.165, 1.54) is 23.1 Å². The summed E-state index contributed by atoms with van der Waals surface area (Å²) in [4.78, 5) is 19.4. The molecule has 1 aliphatic heterocycles. The standard InChI is InChI=1S/C19H29F2N5O/c1-5-13(2)23-19(22-11-17(27)25(3)4)24-14-9-10-26(12-14)18-15(20)7-6-8-16(18)21/h6-8,13-14H,5,9-12H2,1-4H3,(H2,22,23,24). The van der Waals surface area contributed by atoms with E-state index in [2.05, 4.69) is 22.5 Å². The maximum atomic E-state index is 14.0. The maximum absolute atomic E-state index is 14.0. The minimum atomic E-state index is -0.557. The Bertz CT molecular complexity index is 660. The van der Waals surface area contributed by atoms with E-state index in [0.717, 1.165) is 12.8 Å². The van der Waals surface area contributed by atoms with Crippen LogP contribution in [-0.4, -0.2) is 62.6 Å². The molecule has 2 unspecified atom stereocenters. The fourth-order valence-corrected chi connectivity index (χ4v) is 2.82. The van der Waals surface area contributed by atoms with Gasteiger partial charge < -0.3 is 20.4 Å². The van der Waals surface area contributed by atoms with Crippen molar-refractivity contribution in [2.45, 2.75) is 38.8 Å². The summed E-state index contributed by atoms with van der Waals surface area (Å²) in [5.74, 6) is -0.667. The van der Waals surface area contributed by atoms with Gasteiger partial charge in [-0.3, -0.25) is 4.79 Å². The van der Waals surface area contributed by atoms with Crippen molar-refractivity contribution in [3.63, 3.8) is 0 Å². The number of likely N-dealkylation sites (N-methyl/N-ethyl adjacent to an activating group) is 1. The second kappa shape index (κ2) is 9.53. The first-order valence-electron chi connectivity index (χ1n) is 9.28. The van der Waals surface area contributed by atoms with Crippen LogP contribution in [0, 0.1) is 11.6 Å². The lowest BCUT2D eigenvalue weighted by Crippen LogP contribution is -2.48. The summed E-state index contributed by atoms with van der Waals surface area (Å²) in [6.07, 6.45) is 1.62. The molecule has 0 aliphatic carbocycles. The first-order valence-corrected chi connectivity index (χ1v) is 9.28. The quantitative estimate of drug-likeness (QED) is 0.584. The van der Waals surface area contributed by atoms with Gasteiger partial charge >= 0.3 is 0 Å². The van der Waals surface area contributed by atoms with Crippen LogP contribution in [0.2, 0.25) is 0 Å². The Morgan fingerprint density at radius 1 is 1.37 bits per heavy atom. The number of amides is 1. The second-order valence-electron chi connectivity index (χ2n) is 7.05. The topological polar surface area (TPSA) is 60.0 Å². The number of halogens is 2. The molecule has 2 N–H and O–H groups in total. The number of guanidine groups is 1. The third-order valence-corrected chi connectivity index (χ3v) is 4.65. The highest BCUT2D eigenvalue weighted by Gasteiger charge is 2.27. The summed E-state index contributed by atoms with van der Waals surface area (Å²) in [7, 11) is 3.37. The highest BCUT2D eigenvalue weighted by molar-refractivity contribution is 5.85. The van der Waals surface area contributed by atoms with E-state index >= 15 is 0 Å². The molecular formula is C19H29F2N5O. The number of anilines is 1. The normalized spacial score (nSPS) is 18.4. The maximum Gasteiger partial charge on any atom is 0.243 e. The molecule has 1 amide bonds. The van der Waals surface area contributed by atoms with Crippen LogP contribution >= 0.6 is 0 Å². The second-order valence-corrected chi connectivity index (χ2v) is 7.05. The molecule has 0 spiro atoms. The van der Waals surface area contributed by atoms with E-state index in [9.17, 15) is 13.6 Å². The number of carbonyl (C=O) groups is 1. The van der Waals surface area contributed by atoms with E-state index in [1.54, 1.807) is 19.0 Å². The van der Waals surface area contributed by atoms with E-state index in [4.69, 9.17) is 0 Å². The Morgan fingerprint density at radius 3 is 2.63 bits per heavy atom. The molecule has 1 aliphatic rings. The number of hydrogen-bond donors (Lipinski definition) is 2. The molecule has 27 heavy (non-hydrogen) atoms. The van der Waals surface area contributed by atoms with Crippen LogP contribution in [0.15, 0.2) is 23.2 Å². The van der Waals surface area contributed by atoms with Gasteiger partial charge in [0.1, 0.15) is 23.9 Å². The largest absolute Gasteiger partial charge is 0.365 e. The van der Waals surface area contributed by atoms with Gasteiger partial charge in [-0.25, -0.2) is 13.8 Å². The summed E-state index contributed by atoms with van der Waals surface area (Å²) >= 11 is 0. The van der Waals surface area contributed by atoms with E-state index in [1.807, 2.05) is 6.92 Å². The van der Waals surface area contributed by atoms with Crippen molar-refractivity contribution in [3.8, 4) is 0 Å². The van der Waals surface area contributed by atoms with Gasteiger partial charge in [0.15, 0.2) is 5.96 Å². The van der Waals surface area contributed by atoms with Gasteiger partial charge in [0.2, 0.25) is 5.91 Å². The molecule has 0 saturated carbocycles. The molecular weight excluding hydrogens is 352 g/mol. The fourth-order valence-electron chi connectivity index (χ4n) is 2.82. The zero-order valence-corrected chi connectivity index (χ0v) is 16.4. The molecule has 6 nitrogen and oxygen atoms in total. The zero-order chi connectivity index (χ0) is 20.0. The summed E-state index contributed by atoms with van der Waals surface area (Å²) in [6.45, 7) is 5.12. The molecule has 2 rings (SSSR count). The summed E-state index contributed by atoms with van der Waals surface area (Å²) < 4.78 is 28.0. The van der Waals surface area contributed by atoms with Gasteiger partial charge in [-0.15, -0.1) is 0 Å². The van der Waals surface area contributed by atoms with Gasteiger partial charge in [-0.05, 0) is 31.9 Å². The van der Waals surface area contributed by atoms with Crippen LogP contribution in [0.25, 0.3) is 0 Å². The molecule has 1 fully saturated rings. The highest BCUT2D eigenvalue weighted by Crippen LogP contribution is 2.26. The lowest BCUT2D eigenvalue weighted by molar-refractivity contribution is -0.127. The van der Waals surface area contributed by atoms with Crippen molar-refractivity contribution in [1.29, 1.82) is 0 Å². The van der Waals surface area contributed by atoms with Crippen LogP contribution in [0.4, 0.5) is 14.5 Å². The van der Waals surface area contributed by atoms with Gasteiger partial charge in [0, 0.05) is 39.3 Å². The molecule has 2 atom stereocenters. The van der Waals surface area contributed by atoms with Crippen molar-refractivity contribution in [1.82, 2.24) is 15.5 Å². The van der Waals surface area contributed by atoms with Gasteiger partial charge in [-0.2, -0.15) is 0 Å². The molecule has 0 radical (unpaired) electrons. The Morgan fingerprint density at radius 2 is 2.04 bits per heavy atom. The van der Waals surface area contributed by atoms with Crippen LogP contribution in [-0.2, 0) is 4.79 Å².